The Morgan fingerprint density at radius 3 is 2.40 bits per heavy atom. The van der Waals surface area contributed by atoms with E-state index in [1.807, 2.05) is 45.2 Å². The summed E-state index contributed by atoms with van der Waals surface area (Å²) in [6, 6.07) is 8.06. The molecular formula is C12H14N2O. The minimum absolute atomic E-state index is 0.0178. The number of H-pyrrole nitrogens is 1. The van der Waals surface area contributed by atoms with Crippen molar-refractivity contribution < 1.29 is 0 Å². The second kappa shape index (κ2) is 3.42. The second-order valence-electron chi connectivity index (χ2n) is 3.79. The lowest BCUT2D eigenvalue weighted by Gasteiger charge is -2.07. The van der Waals surface area contributed by atoms with Crippen molar-refractivity contribution in [3.8, 4) is 11.3 Å². The number of aromatic amines is 1. The monoisotopic (exact) mass is 202 g/mol. The van der Waals surface area contributed by atoms with Gasteiger partial charge in [-0.3, -0.25) is 14.6 Å². The Bertz CT molecular complexity index is 549. The van der Waals surface area contributed by atoms with Gasteiger partial charge in [-0.1, -0.05) is 24.3 Å². The van der Waals surface area contributed by atoms with Crippen LogP contribution in [0.25, 0.3) is 11.3 Å². The third-order valence-electron chi connectivity index (χ3n) is 2.70. The molecule has 3 nitrogen and oxygen atoms in total. The van der Waals surface area contributed by atoms with Crippen LogP contribution in [0.1, 0.15) is 11.1 Å². The number of hydrogen-bond acceptors (Lipinski definition) is 1. The standard InChI is InChI=1S/C12H14N2O/c1-8-6-4-5-7-10(8)11-9(2)12(15)13-14(11)3/h4-7H,1-3H3,(H,13,15). The fourth-order valence-electron chi connectivity index (χ4n) is 1.87. The first-order valence-corrected chi connectivity index (χ1v) is 4.93. The molecule has 15 heavy (non-hydrogen) atoms. The van der Waals surface area contributed by atoms with E-state index in [2.05, 4.69) is 5.10 Å². The zero-order valence-corrected chi connectivity index (χ0v) is 9.16. The average Bonchev–Trinajstić information content (AvgIpc) is 2.43. The van der Waals surface area contributed by atoms with Crippen LogP contribution >= 0.6 is 0 Å². The van der Waals surface area contributed by atoms with Crippen molar-refractivity contribution >= 4 is 0 Å². The van der Waals surface area contributed by atoms with Crippen LogP contribution in [0.15, 0.2) is 29.1 Å². The third kappa shape index (κ3) is 1.50. The van der Waals surface area contributed by atoms with Crippen molar-refractivity contribution in [1.29, 1.82) is 0 Å². The molecule has 0 saturated carbocycles. The first-order chi connectivity index (χ1) is 7.11. The highest BCUT2D eigenvalue weighted by Gasteiger charge is 2.11. The lowest BCUT2D eigenvalue weighted by molar-refractivity contribution is 0.763. The van der Waals surface area contributed by atoms with Crippen molar-refractivity contribution in [2.45, 2.75) is 13.8 Å². The van der Waals surface area contributed by atoms with E-state index in [-0.39, 0.29) is 5.56 Å². The number of nitrogens with one attached hydrogen (secondary N) is 1. The molecule has 0 fully saturated rings. The SMILES string of the molecule is Cc1ccccc1-c1c(C)c(=O)[nH]n1C. The summed E-state index contributed by atoms with van der Waals surface area (Å²) in [5.41, 5.74) is 4.01. The molecule has 1 heterocycles. The van der Waals surface area contributed by atoms with Gasteiger partial charge in [0.05, 0.1) is 5.69 Å². The van der Waals surface area contributed by atoms with Gasteiger partial charge in [-0.2, -0.15) is 0 Å². The molecule has 0 radical (unpaired) electrons. The molecule has 1 aromatic heterocycles. The Labute approximate surface area is 88.4 Å². The summed E-state index contributed by atoms with van der Waals surface area (Å²) in [7, 11) is 1.86. The smallest absolute Gasteiger partial charge is 0.267 e. The van der Waals surface area contributed by atoms with Gasteiger partial charge < -0.3 is 0 Å². The van der Waals surface area contributed by atoms with Crippen LogP contribution in [-0.2, 0) is 7.05 Å². The van der Waals surface area contributed by atoms with Gasteiger partial charge in [-0.05, 0) is 19.4 Å². The van der Waals surface area contributed by atoms with E-state index in [4.69, 9.17) is 0 Å². The van der Waals surface area contributed by atoms with Gasteiger partial charge in [-0.15, -0.1) is 0 Å². The van der Waals surface area contributed by atoms with E-state index in [1.165, 1.54) is 5.56 Å². The number of benzene rings is 1. The number of nitrogens with zero attached hydrogens (tertiary/aromatic N) is 1. The Balaban J connectivity index is 2.75. The fraction of sp³-hybridized carbons (Fsp3) is 0.250. The molecule has 0 atom stereocenters. The summed E-state index contributed by atoms with van der Waals surface area (Å²) in [5, 5.41) is 2.76. The number of aryl methyl sites for hydroxylation is 2. The Hall–Kier alpha value is -1.77. The minimum Gasteiger partial charge on any atom is -0.287 e. The Kier molecular flexibility index (Phi) is 2.23. The molecule has 0 amide bonds. The average molecular weight is 202 g/mol. The third-order valence-corrected chi connectivity index (χ3v) is 2.70. The second-order valence-corrected chi connectivity index (χ2v) is 3.79. The fourth-order valence-corrected chi connectivity index (χ4v) is 1.87. The van der Waals surface area contributed by atoms with Gasteiger partial charge in [0.2, 0.25) is 0 Å². The van der Waals surface area contributed by atoms with E-state index in [9.17, 15) is 4.79 Å². The molecule has 0 aliphatic heterocycles. The van der Waals surface area contributed by atoms with E-state index < -0.39 is 0 Å². The van der Waals surface area contributed by atoms with E-state index in [0.717, 1.165) is 16.8 Å². The molecule has 0 saturated heterocycles. The van der Waals surface area contributed by atoms with Gasteiger partial charge in [0.15, 0.2) is 0 Å². The van der Waals surface area contributed by atoms with Gasteiger partial charge in [0.1, 0.15) is 0 Å². The molecule has 3 heteroatoms. The molecule has 1 aromatic carbocycles. The molecule has 0 unspecified atom stereocenters. The zero-order chi connectivity index (χ0) is 11.0. The molecule has 0 aliphatic carbocycles. The maximum Gasteiger partial charge on any atom is 0.267 e. The van der Waals surface area contributed by atoms with Crippen LogP contribution in [0.5, 0.6) is 0 Å². The lowest BCUT2D eigenvalue weighted by Crippen LogP contribution is -2.03. The van der Waals surface area contributed by atoms with Crippen LogP contribution in [-0.4, -0.2) is 9.78 Å². The molecule has 2 rings (SSSR count). The first kappa shape index (κ1) is 9.77. The topological polar surface area (TPSA) is 37.8 Å². The van der Waals surface area contributed by atoms with Crippen LogP contribution in [0.2, 0.25) is 0 Å². The summed E-state index contributed by atoms with van der Waals surface area (Å²) >= 11 is 0. The van der Waals surface area contributed by atoms with Crippen molar-refractivity contribution in [2.24, 2.45) is 7.05 Å². The molecule has 0 spiro atoms. The van der Waals surface area contributed by atoms with Crippen LogP contribution < -0.4 is 5.56 Å². The quantitative estimate of drug-likeness (QED) is 0.754. The van der Waals surface area contributed by atoms with E-state index >= 15 is 0 Å². The summed E-state index contributed by atoms with van der Waals surface area (Å²) in [6.07, 6.45) is 0. The predicted molar refractivity (Wildman–Crippen MR) is 60.9 cm³/mol. The lowest BCUT2D eigenvalue weighted by atomic mass is 10.0. The molecule has 1 N–H and O–H groups in total. The first-order valence-electron chi connectivity index (χ1n) is 4.93. The van der Waals surface area contributed by atoms with Crippen LogP contribution in [0.3, 0.4) is 0 Å². The van der Waals surface area contributed by atoms with Gasteiger partial charge in [0.25, 0.3) is 5.56 Å². The molecule has 78 valence electrons. The molecule has 2 aromatic rings. The van der Waals surface area contributed by atoms with Gasteiger partial charge in [0, 0.05) is 18.2 Å². The normalized spacial score (nSPS) is 10.6. The summed E-state index contributed by atoms with van der Waals surface area (Å²) < 4.78 is 1.78. The predicted octanol–water partition coefficient (Wildman–Crippen LogP) is 2.00. The largest absolute Gasteiger partial charge is 0.287 e. The summed E-state index contributed by atoms with van der Waals surface area (Å²) in [5.74, 6) is 0. The number of rotatable bonds is 1. The Morgan fingerprint density at radius 1 is 1.20 bits per heavy atom. The van der Waals surface area contributed by atoms with Crippen molar-refractivity contribution in [1.82, 2.24) is 9.78 Å². The summed E-state index contributed by atoms with van der Waals surface area (Å²) in [4.78, 5) is 11.5. The van der Waals surface area contributed by atoms with E-state index in [1.54, 1.807) is 4.68 Å². The minimum atomic E-state index is -0.0178. The zero-order valence-electron chi connectivity index (χ0n) is 9.16. The van der Waals surface area contributed by atoms with Crippen LogP contribution in [0.4, 0.5) is 0 Å². The highest BCUT2D eigenvalue weighted by atomic mass is 16.1. The maximum absolute atomic E-state index is 11.5. The maximum atomic E-state index is 11.5. The van der Waals surface area contributed by atoms with Crippen molar-refractivity contribution in [2.75, 3.05) is 0 Å². The van der Waals surface area contributed by atoms with Gasteiger partial charge >= 0.3 is 0 Å². The van der Waals surface area contributed by atoms with Crippen LogP contribution in [0, 0.1) is 13.8 Å². The Morgan fingerprint density at radius 2 is 1.87 bits per heavy atom. The van der Waals surface area contributed by atoms with Gasteiger partial charge in [-0.25, -0.2) is 0 Å². The number of aromatic nitrogens is 2. The molecule has 0 bridgehead atoms. The molecular weight excluding hydrogens is 188 g/mol. The molecule has 0 aliphatic rings. The van der Waals surface area contributed by atoms with Crippen molar-refractivity contribution in [3.63, 3.8) is 0 Å². The highest BCUT2D eigenvalue weighted by molar-refractivity contribution is 5.66. The summed E-state index contributed by atoms with van der Waals surface area (Å²) in [6.45, 7) is 3.90. The number of hydrogen-bond donors (Lipinski definition) is 1. The van der Waals surface area contributed by atoms with E-state index in [0.29, 0.717) is 0 Å². The van der Waals surface area contributed by atoms with Crippen molar-refractivity contribution in [3.05, 3.63) is 45.7 Å². The highest BCUT2D eigenvalue weighted by Crippen LogP contribution is 2.23.